The summed E-state index contributed by atoms with van der Waals surface area (Å²) in [6.45, 7) is 2.01. The van der Waals surface area contributed by atoms with Gasteiger partial charge in [-0.25, -0.2) is 14.4 Å². The van der Waals surface area contributed by atoms with Crippen molar-refractivity contribution in [3.63, 3.8) is 0 Å². The van der Waals surface area contributed by atoms with E-state index in [1.54, 1.807) is 37.5 Å². The number of rotatable bonds is 5. The van der Waals surface area contributed by atoms with Crippen molar-refractivity contribution in [2.24, 2.45) is 0 Å². The molecule has 2 aromatic heterocycles. The largest absolute Gasteiger partial charge is 0.508 e. The standard InChI is InChI=1S/C21H16FN3O3/c1-13-8-17(22)20(10-19(13)26)28-21-16-3-2-15(9-18(16)24-12-25-21)27-11-14-4-6-23-7-5-14/h2-10,12,26H,11H2,1H3. The van der Waals surface area contributed by atoms with Gasteiger partial charge in [-0.15, -0.1) is 0 Å². The second kappa shape index (κ2) is 7.48. The highest BCUT2D eigenvalue weighted by Crippen LogP contribution is 2.33. The van der Waals surface area contributed by atoms with Crippen LogP contribution in [0.1, 0.15) is 11.1 Å². The number of pyridine rings is 1. The Balaban J connectivity index is 1.60. The zero-order valence-electron chi connectivity index (χ0n) is 15.0. The number of halogens is 1. The van der Waals surface area contributed by atoms with Crippen LogP contribution < -0.4 is 9.47 Å². The molecule has 0 aliphatic rings. The van der Waals surface area contributed by atoms with Crippen LogP contribution in [0.4, 0.5) is 4.39 Å². The molecule has 0 radical (unpaired) electrons. The van der Waals surface area contributed by atoms with E-state index in [0.29, 0.717) is 28.8 Å². The summed E-state index contributed by atoms with van der Waals surface area (Å²) in [6.07, 6.45) is 4.74. The monoisotopic (exact) mass is 377 g/mol. The van der Waals surface area contributed by atoms with Gasteiger partial charge in [0.1, 0.15) is 24.4 Å². The fourth-order valence-electron chi connectivity index (χ4n) is 2.65. The average molecular weight is 377 g/mol. The van der Waals surface area contributed by atoms with E-state index in [9.17, 15) is 9.50 Å². The molecule has 1 N–H and O–H groups in total. The number of aryl methyl sites for hydroxylation is 1. The van der Waals surface area contributed by atoms with Crippen LogP contribution in [-0.4, -0.2) is 20.1 Å². The van der Waals surface area contributed by atoms with Crippen molar-refractivity contribution >= 4 is 10.9 Å². The first-order chi connectivity index (χ1) is 13.6. The van der Waals surface area contributed by atoms with E-state index < -0.39 is 5.82 Å². The molecule has 6 nitrogen and oxygen atoms in total. The molecule has 4 rings (SSSR count). The lowest BCUT2D eigenvalue weighted by Crippen LogP contribution is -1.97. The molecule has 7 heteroatoms. The molecule has 0 spiro atoms. The molecule has 28 heavy (non-hydrogen) atoms. The number of ether oxygens (including phenoxy) is 2. The molecule has 140 valence electrons. The first-order valence-corrected chi connectivity index (χ1v) is 8.53. The quantitative estimate of drug-likeness (QED) is 0.550. The Bertz CT molecular complexity index is 1140. The smallest absolute Gasteiger partial charge is 0.230 e. The van der Waals surface area contributed by atoms with Gasteiger partial charge in [0.05, 0.1) is 10.9 Å². The summed E-state index contributed by atoms with van der Waals surface area (Å²) in [5, 5.41) is 10.4. The zero-order valence-corrected chi connectivity index (χ0v) is 15.0. The molecular weight excluding hydrogens is 361 g/mol. The van der Waals surface area contributed by atoms with Crippen molar-refractivity contribution in [1.29, 1.82) is 0 Å². The zero-order chi connectivity index (χ0) is 19.5. The molecule has 0 bridgehead atoms. The molecule has 2 heterocycles. The van der Waals surface area contributed by atoms with Crippen LogP contribution in [0, 0.1) is 12.7 Å². The molecule has 0 saturated heterocycles. The molecule has 2 aromatic carbocycles. The summed E-state index contributed by atoms with van der Waals surface area (Å²) in [6, 6.07) is 11.5. The predicted molar refractivity (Wildman–Crippen MR) is 101 cm³/mol. The molecule has 0 atom stereocenters. The third-order valence-corrected chi connectivity index (χ3v) is 4.18. The molecule has 0 fully saturated rings. The van der Waals surface area contributed by atoms with E-state index in [2.05, 4.69) is 15.0 Å². The lowest BCUT2D eigenvalue weighted by Gasteiger charge is -2.11. The second-order valence-corrected chi connectivity index (χ2v) is 6.17. The molecule has 0 saturated carbocycles. The summed E-state index contributed by atoms with van der Waals surface area (Å²) >= 11 is 0. The number of nitrogens with zero attached hydrogens (tertiary/aromatic N) is 3. The molecule has 0 amide bonds. The van der Waals surface area contributed by atoms with Crippen LogP contribution in [0.25, 0.3) is 10.9 Å². The number of hydrogen-bond donors (Lipinski definition) is 1. The predicted octanol–water partition coefficient (Wildman–Crippen LogP) is 4.55. The van der Waals surface area contributed by atoms with Crippen LogP contribution in [-0.2, 0) is 6.61 Å². The number of aromatic nitrogens is 3. The van der Waals surface area contributed by atoms with Crippen molar-refractivity contribution < 1.29 is 19.0 Å². The number of aromatic hydroxyl groups is 1. The van der Waals surface area contributed by atoms with E-state index in [1.165, 1.54) is 18.5 Å². The third kappa shape index (κ3) is 3.68. The fourth-order valence-corrected chi connectivity index (χ4v) is 2.65. The second-order valence-electron chi connectivity index (χ2n) is 6.17. The van der Waals surface area contributed by atoms with Crippen molar-refractivity contribution in [1.82, 2.24) is 15.0 Å². The number of fused-ring (bicyclic) bond motifs is 1. The Labute approximate surface area is 160 Å². The van der Waals surface area contributed by atoms with Gasteiger partial charge in [-0.05, 0) is 48.4 Å². The Kier molecular flexibility index (Phi) is 4.72. The Morgan fingerprint density at radius 3 is 2.68 bits per heavy atom. The van der Waals surface area contributed by atoms with Crippen LogP contribution in [0.15, 0.2) is 61.2 Å². The maximum atomic E-state index is 14.1. The average Bonchev–Trinajstić information content (AvgIpc) is 2.71. The molecule has 0 aliphatic carbocycles. The topological polar surface area (TPSA) is 77.4 Å². The van der Waals surface area contributed by atoms with Gasteiger partial charge < -0.3 is 14.6 Å². The van der Waals surface area contributed by atoms with Crippen LogP contribution in [0.3, 0.4) is 0 Å². The van der Waals surface area contributed by atoms with Crippen LogP contribution in [0.5, 0.6) is 23.1 Å². The van der Waals surface area contributed by atoms with Gasteiger partial charge in [-0.3, -0.25) is 4.98 Å². The highest BCUT2D eigenvalue weighted by molar-refractivity contribution is 5.84. The highest BCUT2D eigenvalue weighted by atomic mass is 19.1. The lowest BCUT2D eigenvalue weighted by molar-refractivity contribution is 0.306. The molecule has 0 unspecified atom stereocenters. The SMILES string of the molecule is Cc1cc(F)c(Oc2ncnc3cc(OCc4ccncc4)ccc23)cc1O. The van der Waals surface area contributed by atoms with Crippen LogP contribution >= 0.6 is 0 Å². The lowest BCUT2D eigenvalue weighted by atomic mass is 10.2. The van der Waals surface area contributed by atoms with Crippen molar-refractivity contribution in [2.45, 2.75) is 13.5 Å². The van der Waals surface area contributed by atoms with E-state index in [1.807, 2.05) is 12.1 Å². The molecule has 4 aromatic rings. The minimum absolute atomic E-state index is 0.0541. The first kappa shape index (κ1) is 17.7. The normalized spacial score (nSPS) is 10.8. The first-order valence-electron chi connectivity index (χ1n) is 8.53. The minimum atomic E-state index is -0.584. The van der Waals surface area contributed by atoms with E-state index in [4.69, 9.17) is 9.47 Å². The molecular formula is C21H16FN3O3. The number of benzene rings is 2. The summed E-state index contributed by atoms with van der Waals surface area (Å²) in [4.78, 5) is 12.3. The Morgan fingerprint density at radius 2 is 1.86 bits per heavy atom. The van der Waals surface area contributed by atoms with Gasteiger partial charge in [0.2, 0.25) is 5.88 Å². The van der Waals surface area contributed by atoms with Gasteiger partial charge in [0.25, 0.3) is 0 Å². The number of phenols is 1. The Hall–Kier alpha value is -3.74. The summed E-state index contributed by atoms with van der Waals surface area (Å²) in [5.74, 6) is 0.0722. The maximum absolute atomic E-state index is 14.1. The van der Waals surface area contributed by atoms with Crippen molar-refractivity contribution in [3.05, 3.63) is 78.1 Å². The van der Waals surface area contributed by atoms with Crippen molar-refractivity contribution in [3.8, 4) is 23.1 Å². The fraction of sp³-hybridized carbons (Fsp3) is 0.0952. The summed E-state index contributed by atoms with van der Waals surface area (Å²) < 4.78 is 25.5. The van der Waals surface area contributed by atoms with Gasteiger partial charge >= 0.3 is 0 Å². The van der Waals surface area contributed by atoms with Crippen LogP contribution in [0.2, 0.25) is 0 Å². The maximum Gasteiger partial charge on any atom is 0.230 e. The minimum Gasteiger partial charge on any atom is -0.508 e. The number of hydrogen-bond acceptors (Lipinski definition) is 6. The van der Waals surface area contributed by atoms with Crippen molar-refractivity contribution in [2.75, 3.05) is 0 Å². The van der Waals surface area contributed by atoms with E-state index in [-0.39, 0.29) is 17.4 Å². The third-order valence-electron chi connectivity index (χ3n) is 4.18. The summed E-state index contributed by atoms with van der Waals surface area (Å²) in [7, 11) is 0. The van der Waals surface area contributed by atoms with Gasteiger partial charge in [-0.2, -0.15) is 0 Å². The highest BCUT2D eigenvalue weighted by Gasteiger charge is 2.13. The van der Waals surface area contributed by atoms with Gasteiger partial charge in [0.15, 0.2) is 11.6 Å². The number of phenolic OH excluding ortho intramolecular Hbond substituents is 1. The van der Waals surface area contributed by atoms with E-state index >= 15 is 0 Å². The van der Waals surface area contributed by atoms with Gasteiger partial charge in [0, 0.05) is 24.5 Å². The Morgan fingerprint density at radius 1 is 1.04 bits per heavy atom. The van der Waals surface area contributed by atoms with E-state index in [0.717, 1.165) is 5.56 Å². The molecule has 0 aliphatic heterocycles. The van der Waals surface area contributed by atoms with Gasteiger partial charge in [-0.1, -0.05) is 0 Å². The summed E-state index contributed by atoms with van der Waals surface area (Å²) in [5.41, 5.74) is 2.01.